The third kappa shape index (κ3) is 5.59. The number of nitrogens with one attached hydrogen (secondary N) is 1. The van der Waals surface area contributed by atoms with Crippen LogP contribution in [0.1, 0.15) is 40.0 Å². The maximum absolute atomic E-state index is 13.4. The molecular weight excluding hydrogens is 276 g/mol. The van der Waals surface area contributed by atoms with Gasteiger partial charge in [0.1, 0.15) is 5.82 Å². The molecule has 3 nitrogen and oxygen atoms in total. The lowest BCUT2D eigenvalue weighted by molar-refractivity contribution is 0.129. The Morgan fingerprint density at radius 2 is 2.05 bits per heavy atom. The zero-order valence-electron chi connectivity index (χ0n) is 13.0. The highest BCUT2D eigenvalue weighted by Crippen LogP contribution is 2.20. The number of ether oxygens (including phenoxy) is 1. The van der Waals surface area contributed by atoms with Gasteiger partial charge in [0.05, 0.1) is 13.2 Å². The van der Waals surface area contributed by atoms with Gasteiger partial charge >= 0.3 is 0 Å². The van der Waals surface area contributed by atoms with Gasteiger partial charge < -0.3 is 15.2 Å². The van der Waals surface area contributed by atoms with Crippen molar-refractivity contribution in [1.82, 2.24) is 5.32 Å². The molecule has 5 heteroatoms. The summed E-state index contributed by atoms with van der Waals surface area (Å²) in [4.78, 5) is 0. The predicted molar refractivity (Wildman–Crippen MR) is 79.5 cm³/mol. The minimum Gasteiger partial charge on any atom is -0.491 e. The van der Waals surface area contributed by atoms with E-state index in [1.807, 2.05) is 20.8 Å². The standard InChI is InChI=1S/C16H25F2NO2/c1-4-16(11-20,19-12(2)3)8-5-9-21-15-7-6-13(17)10-14(15)18/h6-7,10,12,19-20H,4-5,8-9,11H2,1-3H3. The molecule has 0 saturated heterocycles. The number of halogens is 2. The zero-order chi connectivity index (χ0) is 15.9. The van der Waals surface area contributed by atoms with Gasteiger partial charge in [0.2, 0.25) is 0 Å². The molecule has 1 aromatic rings. The molecule has 0 bridgehead atoms. The predicted octanol–water partition coefficient (Wildman–Crippen LogP) is 3.26. The van der Waals surface area contributed by atoms with E-state index in [2.05, 4.69) is 5.32 Å². The van der Waals surface area contributed by atoms with Gasteiger partial charge in [0, 0.05) is 17.6 Å². The molecule has 0 heterocycles. The minimum atomic E-state index is -0.695. The van der Waals surface area contributed by atoms with E-state index in [-0.39, 0.29) is 23.9 Å². The van der Waals surface area contributed by atoms with Crippen molar-refractivity contribution in [3.8, 4) is 5.75 Å². The molecule has 1 rings (SSSR count). The molecule has 0 aliphatic rings. The van der Waals surface area contributed by atoms with Crippen LogP contribution < -0.4 is 10.1 Å². The molecule has 0 aliphatic carbocycles. The fourth-order valence-corrected chi connectivity index (χ4v) is 2.38. The van der Waals surface area contributed by atoms with Crippen LogP contribution in [-0.4, -0.2) is 29.9 Å². The molecule has 0 radical (unpaired) electrons. The van der Waals surface area contributed by atoms with E-state index in [0.717, 1.165) is 18.9 Å². The summed E-state index contributed by atoms with van der Waals surface area (Å²) in [5.74, 6) is -1.26. The molecule has 1 unspecified atom stereocenters. The number of hydrogen-bond donors (Lipinski definition) is 2. The number of rotatable bonds is 9. The molecule has 21 heavy (non-hydrogen) atoms. The molecule has 1 atom stereocenters. The molecule has 2 N–H and O–H groups in total. The van der Waals surface area contributed by atoms with Gasteiger partial charge in [-0.1, -0.05) is 20.8 Å². The van der Waals surface area contributed by atoms with Crippen molar-refractivity contribution in [2.75, 3.05) is 13.2 Å². The van der Waals surface area contributed by atoms with E-state index >= 15 is 0 Å². The van der Waals surface area contributed by atoms with Crippen molar-refractivity contribution in [3.63, 3.8) is 0 Å². The second kappa shape index (κ2) is 8.29. The summed E-state index contributed by atoms with van der Waals surface area (Å²) in [5, 5.41) is 13.0. The van der Waals surface area contributed by atoms with Gasteiger partial charge in [0.15, 0.2) is 11.6 Å². The first-order chi connectivity index (χ1) is 9.92. The van der Waals surface area contributed by atoms with E-state index in [1.54, 1.807) is 0 Å². The molecule has 0 saturated carbocycles. The average molecular weight is 301 g/mol. The van der Waals surface area contributed by atoms with Gasteiger partial charge in [-0.05, 0) is 31.4 Å². The van der Waals surface area contributed by atoms with Crippen LogP contribution in [0.4, 0.5) is 8.78 Å². The smallest absolute Gasteiger partial charge is 0.167 e. The van der Waals surface area contributed by atoms with Gasteiger partial charge in [-0.3, -0.25) is 0 Å². The highest BCUT2D eigenvalue weighted by molar-refractivity contribution is 5.24. The molecule has 0 spiro atoms. The normalized spacial score (nSPS) is 14.2. The van der Waals surface area contributed by atoms with Crippen LogP contribution in [0.5, 0.6) is 5.75 Å². The van der Waals surface area contributed by atoms with E-state index in [1.165, 1.54) is 12.1 Å². The van der Waals surface area contributed by atoms with Gasteiger partial charge in [-0.25, -0.2) is 8.78 Å². The van der Waals surface area contributed by atoms with Crippen molar-refractivity contribution >= 4 is 0 Å². The van der Waals surface area contributed by atoms with Gasteiger partial charge in [-0.2, -0.15) is 0 Å². The number of aliphatic hydroxyl groups is 1. The maximum Gasteiger partial charge on any atom is 0.167 e. The number of aliphatic hydroxyl groups excluding tert-OH is 1. The topological polar surface area (TPSA) is 41.5 Å². The van der Waals surface area contributed by atoms with Crippen molar-refractivity contribution in [1.29, 1.82) is 0 Å². The first kappa shape index (κ1) is 17.9. The van der Waals surface area contributed by atoms with E-state index in [4.69, 9.17) is 4.74 Å². The van der Waals surface area contributed by atoms with Crippen LogP contribution in [0.3, 0.4) is 0 Å². The second-order valence-electron chi connectivity index (χ2n) is 5.62. The van der Waals surface area contributed by atoms with E-state index in [0.29, 0.717) is 13.0 Å². The van der Waals surface area contributed by atoms with E-state index in [9.17, 15) is 13.9 Å². The molecule has 0 fully saturated rings. The van der Waals surface area contributed by atoms with Crippen LogP contribution in [0.25, 0.3) is 0 Å². The minimum absolute atomic E-state index is 0.0482. The highest BCUT2D eigenvalue weighted by atomic mass is 19.1. The SMILES string of the molecule is CCC(CO)(CCCOc1ccc(F)cc1F)NC(C)C. The summed E-state index contributed by atoms with van der Waals surface area (Å²) in [5.41, 5.74) is -0.334. The van der Waals surface area contributed by atoms with Crippen LogP contribution in [0.15, 0.2) is 18.2 Å². The Bertz CT molecular complexity index is 434. The zero-order valence-corrected chi connectivity index (χ0v) is 13.0. The van der Waals surface area contributed by atoms with Crippen molar-refractivity contribution in [3.05, 3.63) is 29.8 Å². The van der Waals surface area contributed by atoms with Gasteiger partial charge in [0.25, 0.3) is 0 Å². The lowest BCUT2D eigenvalue weighted by atomic mass is 9.90. The number of benzene rings is 1. The third-order valence-electron chi connectivity index (χ3n) is 3.53. The Labute approximate surface area is 125 Å². The van der Waals surface area contributed by atoms with Gasteiger partial charge in [-0.15, -0.1) is 0 Å². The third-order valence-corrected chi connectivity index (χ3v) is 3.53. The molecule has 0 amide bonds. The quantitative estimate of drug-likeness (QED) is 0.688. The summed E-state index contributed by atoms with van der Waals surface area (Å²) in [6, 6.07) is 3.53. The highest BCUT2D eigenvalue weighted by Gasteiger charge is 2.27. The fourth-order valence-electron chi connectivity index (χ4n) is 2.38. The summed E-state index contributed by atoms with van der Waals surface area (Å²) < 4.78 is 31.5. The Kier molecular flexibility index (Phi) is 7.05. The Hall–Kier alpha value is -1.20. The van der Waals surface area contributed by atoms with E-state index < -0.39 is 11.6 Å². The van der Waals surface area contributed by atoms with Crippen LogP contribution in [0.2, 0.25) is 0 Å². The van der Waals surface area contributed by atoms with Crippen LogP contribution in [0, 0.1) is 11.6 Å². The first-order valence-electron chi connectivity index (χ1n) is 7.39. The maximum atomic E-state index is 13.4. The lowest BCUT2D eigenvalue weighted by Gasteiger charge is -2.34. The molecular formula is C16H25F2NO2. The molecule has 0 aromatic heterocycles. The molecule has 1 aromatic carbocycles. The summed E-state index contributed by atoms with van der Waals surface area (Å²) in [6.45, 7) is 6.46. The van der Waals surface area contributed by atoms with Crippen LogP contribution >= 0.6 is 0 Å². The fraction of sp³-hybridized carbons (Fsp3) is 0.625. The Morgan fingerprint density at radius 1 is 1.33 bits per heavy atom. The largest absolute Gasteiger partial charge is 0.491 e. The lowest BCUT2D eigenvalue weighted by Crippen LogP contribution is -2.51. The van der Waals surface area contributed by atoms with Crippen molar-refractivity contribution in [2.24, 2.45) is 0 Å². The molecule has 120 valence electrons. The summed E-state index contributed by atoms with van der Waals surface area (Å²) in [6.07, 6.45) is 2.19. The monoisotopic (exact) mass is 301 g/mol. The average Bonchev–Trinajstić information content (AvgIpc) is 2.43. The van der Waals surface area contributed by atoms with Crippen LogP contribution in [-0.2, 0) is 0 Å². The Balaban J connectivity index is 2.47. The Morgan fingerprint density at radius 3 is 2.57 bits per heavy atom. The second-order valence-corrected chi connectivity index (χ2v) is 5.62. The summed E-state index contributed by atoms with van der Waals surface area (Å²) >= 11 is 0. The summed E-state index contributed by atoms with van der Waals surface area (Å²) in [7, 11) is 0. The first-order valence-corrected chi connectivity index (χ1v) is 7.39. The number of hydrogen-bond acceptors (Lipinski definition) is 3. The van der Waals surface area contributed by atoms with Crippen molar-refractivity contribution < 1.29 is 18.6 Å². The molecule has 0 aliphatic heterocycles. The van der Waals surface area contributed by atoms with Crippen molar-refractivity contribution in [2.45, 2.75) is 51.6 Å².